The normalized spacial score (nSPS) is 17.2. The Morgan fingerprint density at radius 1 is 1.20 bits per heavy atom. The average molecular weight is 676 g/mol. The number of aliphatic carboxylic acids is 1. The van der Waals surface area contributed by atoms with E-state index in [2.05, 4.69) is 15.6 Å². The highest BCUT2D eigenvalue weighted by molar-refractivity contribution is 5.94. The Balaban J connectivity index is 0.00000128. The molecule has 3 atom stereocenters. The number of aryl methyl sites for hydroxylation is 1. The number of aliphatic hydroxyl groups excluding tert-OH is 1. The Hall–Kier alpha value is -5.43. The van der Waals surface area contributed by atoms with Crippen LogP contribution in [0.25, 0.3) is 10.8 Å². The third kappa shape index (κ3) is 9.57. The number of fused-ring (bicyclic) bond motifs is 11. The topological polar surface area (TPSA) is 176 Å². The van der Waals surface area contributed by atoms with Crippen LogP contribution in [0.5, 0.6) is 5.75 Å². The number of halogens is 1. The number of likely N-dealkylation sites (N-methyl/N-ethyl adjacent to an activating group) is 1. The molecule has 0 saturated carbocycles. The van der Waals surface area contributed by atoms with E-state index in [0.29, 0.717) is 22.8 Å². The quantitative estimate of drug-likeness (QED) is 0.180. The number of nitrogens with two attached hydrogens (primary N) is 1. The van der Waals surface area contributed by atoms with Gasteiger partial charge in [0.2, 0.25) is 5.91 Å². The van der Waals surface area contributed by atoms with Crippen molar-refractivity contribution in [1.29, 1.82) is 0 Å². The monoisotopic (exact) mass is 675 g/mol. The van der Waals surface area contributed by atoms with Gasteiger partial charge < -0.3 is 41.0 Å². The smallest absolute Gasteiger partial charge is 0.325 e. The fraction of sp³-hybridized carbons (Fsp3) is 0.333. The molecule has 4 bridgehead atoms. The second kappa shape index (κ2) is 16.1. The van der Waals surface area contributed by atoms with E-state index in [0.717, 1.165) is 34.4 Å². The van der Waals surface area contributed by atoms with Gasteiger partial charge in [-0.15, -0.1) is 0 Å². The molecule has 0 unspecified atom stereocenters. The van der Waals surface area contributed by atoms with E-state index in [-0.39, 0.29) is 43.9 Å². The maximum Gasteiger partial charge on any atom is 0.325 e. The van der Waals surface area contributed by atoms with Crippen LogP contribution in [-0.2, 0) is 25.7 Å². The molecule has 3 aromatic carbocycles. The van der Waals surface area contributed by atoms with Crippen molar-refractivity contribution < 1.29 is 38.5 Å². The van der Waals surface area contributed by atoms with Crippen LogP contribution in [-0.4, -0.2) is 70.9 Å². The number of ether oxygens (including phenoxy) is 2. The molecule has 2 aliphatic rings. The lowest BCUT2D eigenvalue weighted by atomic mass is 9.93. The largest absolute Gasteiger partial charge is 0.487 e. The number of rotatable bonds is 5. The highest BCUT2D eigenvalue weighted by Crippen LogP contribution is 2.32. The standard InChI is InChI=1S/C34H38FN5O5.C2H4O2/c1-19-11-23-5-7-27(19)20(2)17-44-30(42)15-38-26-13-24(32(29(35)14-26)45-18-21(3)41)16-40(4)34(43)31(23)39-25-6-8-28-22(12-25)9-10-37-33(28)36;1-2(3)4/h5-14,20-21,31,38-39,41H,15-18H2,1-4H3,(H2,36,37);1H3,(H,3,4)/t20-,21-,31+;/m0./s1. The van der Waals surface area contributed by atoms with Gasteiger partial charge in [0.1, 0.15) is 25.0 Å². The summed E-state index contributed by atoms with van der Waals surface area (Å²) in [5, 5.41) is 25.2. The van der Waals surface area contributed by atoms with Gasteiger partial charge in [-0.25, -0.2) is 9.37 Å². The minimum absolute atomic E-state index is 0.0168. The molecule has 0 radical (unpaired) electrons. The average Bonchev–Trinajstić information content (AvgIpc) is 3.03. The fourth-order valence-electron chi connectivity index (χ4n) is 5.50. The number of carbonyl (C=O) groups is 3. The van der Waals surface area contributed by atoms with Crippen molar-refractivity contribution in [3.8, 4) is 5.75 Å². The minimum atomic E-state index is -0.839. The number of anilines is 3. The van der Waals surface area contributed by atoms with E-state index >= 15 is 4.39 Å². The van der Waals surface area contributed by atoms with E-state index in [1.807, 2.05) is 56.3 Å². The number of benzene rings is 3. The summed E-state index contributed by atoms with van der Waals surface area (Å²) >= 11 is 0. The van der Waals surface area contributed by atoms with Gasteiger partial charge in [0, 0.05) is 61.0 Å². The lowest BCUT2D eigenvalue weighted by Crippen LogP contribution is -2.35. The molecule has 3 heterocycles. The summed E-state index contributed by atoms with van der Waals surface area (Å²) in [6, 6.07) is 15.3. The maximum absolute atomic E-state index is 15.4. The highest BCUT2D eigenvalue weighted by atomic mass is 19.1. The number of hydrogen-bond donors (Lipinski definition) is 5. The third-order valence-electron chi connectivity index (χ3n) is 7.82. The number of carbonyl (C=O) groups excluding carboxylic acids is 2. The number of aliphatic hydroxyl groups is 1. The second-order valence-corrected chi connectivity index (χ2v) is 12.1. The van der Waals surface area contributed by atoms with Gasteiger partial charge in [-0.2, -0.15) is 0 Å². The molecular formula is C36H42FN5O7. The summed E-state index contributed by atoms with van der Waals surface area (Å²) in [6.07, 6.45) is 0.795. The first kappa shape index (κ1) is 36.4. The second-order valence-electron chi connectivity index (χ2n) is 12.1. The Kier molecular flexibility index (Phi) is 12.0. The van der Waals surface area contributed by atoms with Crippen molar-refractivity contribution in [2.24, 2.45) is 0 Å². The Labute approximate surface area is 284 Å². The summed E-state index contributed by atoms with van der Waals surface area (Å²) in [5.74, 6) is -2.05. The first-order valence-electron chi connectivity index (χ1n) is 15.7. The third-order valence-corrected chi connectivity index (χ3v) is 7.82. The summed E-state index contributed by atoms with van der Waals surface area (Å²) in [6.45, 7) is 6.37. The lowest BCUT2D eigenvalue weighted by Gasteiger charge is -2.27. The number of pyridine rings is 1. The van der Waals surface area contributed by atoms with Crippen molar-refractivity contribution in [3.05, 3.63) is 88.9 Å². The van der Waals surface area contributed by atoms with Crippen LogP contribution in [0.1, 0.15) is 55.0 Å². The van der Waals surface area contributed by atoms with Crippen molar-refractivity contribution in [3.63, 3.8) is 0 Å². The molecule has 0 saturated heterocycles. The Bertz CT molecular complexity index is 1830. The first-order valence-corrected chi connectivity index (χ1v) is 15.7. The number of hydrogen-bond acceptors (Lipinski definition) is 10. The van der Waals surface area contributed by atoms with Crippen LogP contribution in [0, 0.1) is 12.7 Å². The zero-order valence-electron chi connectivity index (χ0n) is 28.1. The van der Waals surface area contributed by atoms with Gasteiger partial charge in [-0.1, -0.05) is 25.1 Å². The molecule has 260 valence electrons. The van der Waals surface area contributed by atoms with Crippen LogP contribution in [0.15, 0.2) is 60.8 Å². The lowest BCUT2D eigenvalue weighted by molar-refractivity contribution is -0.142. The molecule has 0 fully saturated rings. The predicted octanol–water partition coefficient (Wildman–Crippen LogP) is 5.00. The zero-order valence-corrected chi connectivity index (χ0v) is 28.1. The van der Waals surface area contributed by atoms with Crippen LogP contribution in [0.4, 0.5) is 21.6 Å². The number of amides is 1. The Morgan fingerprint density at radius 3 is 2.63 bits per heavy atom. The Morgan fingerprint density at radius 2 is 1.94 bits per heavy atom. The molecular weight excluding hydrogens is 633 g/mol. The van der Waals surface area contributed by atoms with Gasteiger partial charge in [0.25, 0.3) is 5.97 Å². The van der Waals surface area contributed by atoms with Crippen LogP contribution in [0.2, 0.25) is 0 Å². The van der Waals surface area contributed by atoms with Crippen LogP contribution >= 0.6 is 0 Å². The number of nitrogen functional groups attached to an aromatic ring is 1. The number of carboxylic acids is 1. The van der Waals surface area contributed by atoms with Crippen molar-refractivity contribution in [2.75, 3.05) is 43.2 Å². The van der Waals surface area contributed by atoms with Crippen LogP contribution in [0.3, 0.4) is 0 Å². The van der Waals surface area contributed by atoms with Crippen molar-refractivity contribution in [1.82, 2.24) is 9.88 Å². The summed E-state index contributed by atoms with van der Waals surface area (Å²) in [4.78, 5) is 41.5. The number of nitrogens with one attached hydrogen (secondary N) is 2. The molecule has 0 spiro atoms. The number of carboxylic acid groups (broad SMARTS) is 1. The van der Waals surface area contributed by atoms with E-state index in [1.54, 1.807) is 19.3 Å². The summed E-state index contributed by atoms with van der Waals surface area (Å²) in [7, 11) is 1.63. The maximum atomic E-state index is 15.4. The van der Waals surface area contributed by atoms with E-state index in [9.17, 15) is 14.7 Å². The van der Waals surface area contributed by atoms with Crippen molar-refractivity contribution in [2.45, 2.75) is 52.3 Å². The molecule has 4 aromatic rings. The molecule has 6 rings (SSSR count). The molecule has 6 N–H and O–H groups in total. The highest BCUT2D eigenvalue weighted by Gasteiger charge is 2.27. The molecule has 1 aromatic heterocycles. The van der Waals surface area contributed by atoms with E-state index in [1.165, 1.54) is 17.9 Å². The molecule has 0 aliphatic carbocycles. The molecule has 1 amide bonds. The number of esters is 1. The van der Waals surface area contributed by atoms with E-state index in [4.69, 9.17) is 25.1 Å². The molecule has 2 aliphatic heterocycles. The van der Waals surface area contributed by atoms with E-state index < -0.39 is 29.9 Å². The number of aromatic nitrogens is 1. The minimum Gasteiger partial charge on any atom is -0.487 e. The van der Waals surface area contributed by atoms with Gasteiger partial charge in [-0.3, -0.25) is 14.4 Å². The van der Waals surface area contributed by atoms with Crippen molar-refractivity contribution >= 4 is 45.8 Å². The van der Waals surface area contributed by atoms with Gasteiger partial charge in [-0.05, 0) is 66.3 Å². The van der Waals surface area contributed by atoms with Gasteiger partial charge >= 0.3 is 5.97 Å². The molecule has 49 heavy (non-hydrogen) atoms. The zero-order chi connectivity index (χ0) is 35.8. The summed E-state index contributed by atoms with van der Waals surface area (Å²) in [5.41, 5.74) is 10.1. The van der Waals surface area contributed by atoms with Gasteiger partial charge in [0.05, 0.1) is 12.7 Å². The fourth-order valence-corrected chi connectivity index (χ4v) is 5.50. The molecule has 13 heteroatoms. The predicted molar refractivity (Wildman–Crippen MR) is 185 cm³/mol. The summed E-state index contributed by atoms with van der Waals surface area (Å²) < 4.78 is 26.5. The SMILES string of the molecule is CC(=O)O.Cc1cc2ccc1[C@@H](C)COC(=O)CNc1cc(F)c(OC[C@H](C)O)c(c1)CN(C)C(=O)[C@@H]2Nc1ccc2c(N)nccc2c1. The van der Waals surface area contributed by atoms with Crippen LogP contribution < -0.4 is 21.1 Å². The van der Waals surface area contributed by atoms with Gasteiger partial charge in [0.15, 0.2) is 11.6 Å². The first-order chi connectivity index (χ1) is 23.2. The molecule has 12 nitrogen and oxygen atoms in total. The number of nitrogens with zero attached hydrogens (tertiary/aromatic N) is 2.